The fourth-order valence-corrected chi connectivity index (χ4v) is 2.58. The van der Waals surface area contributed by atoms with Crippen LogP contribution in [0.25, 0.3) is 22.3 Å². The van der Waals surface area contributed by atoms with Crippen LogP contribution in [0.3, 0.4) is 0 Å². The van der Waals surface area contributed by atoms with E-state index in [-0.39, 0.29) is 30.4 Å². The molecule has 0 saturated carbocycles. The zero-order valence-electron chi connectivity index (χ0n) is 13.8. The molecule has 8 heteroatoms. The minimum Gasteiger partial charge on any atom is -0.508 e. The summed E-state index contributed by atoms with van der Waals surface area (Å²) in [6.07, 6.45) is 0. The molecule has 0 aliphatic carbocycles. The lowest BCUT2D eigenvalue weighted by molar-refractivity contribution is 0.100. The molecule has 0 fully saturated rings. The molecule has 0 atom stereocenters. The number of amides is 1. The number of aliphatic hydroxyl groups excluding tert-OH is 2. The Balaban J connectivity index is 2.26. The van der Waals surface area contributed by atoms with Crippen LogP contribution in [0.4, 0.5) is 5.82 Å². The predicted molar refractivity (Wildman–Crippen MR) is 96.7 cm³/mol. The molecular weight excluding hydrogens is 336 g/mol. The Labute approximate surface area is 149 Å². The predicted octanol–water partition coefficient (Wildman–Crippen LogP) is 0.866. The summed E-state index contributed by atoms with van der Waals surface area (Å²) in [7, 11) is 0. The van der Waals surface area contributed by atoms with Gasteiger partial charge in [0.25, 0.3) is 5.91 Å². The third kappa shape index (κ3) is 3.41. The second kappa shape index (κ2) is 7.34. The molecule has 0 unspecified atom stereocenters. The lowest BCUT2D eigenvalue weighted by Crippen LogP contribution is -2.28. The van der Waals surface area contributed by atoms with Crippen LogP contribution in [0.2, 0.25) is 0 Å². The molecule has 0 bridgehead atoms. The zero-order chi connectivity index (χ0) is 18.7. The molecule has 0 spiro atoms. The molecule has 134 valence electrons. The van der Waals surface area contributed by atoms with Gasteiger partial charge in [-0.15, -0.1) is 0 Å². The minimum atomic E-state index is -0.637. The number of rotatable bonds is 6. The van der Waals surface area contributed by atoms with Gasteiger partial charge < -0.3 is 26.4 Å². The van der Waals surface area contributed by atoms with Gasteiger partial charge in [0.15, 0.2) is 5.82 Å². The number of hydrogen-bond acceptors (Lipinski definition) is 7. The second-order valence-corrected chi connectivity index (χ2v) is 5.72. The third-order valence-corrected chi connectivity index (χ3v) is 3.88. The summed E-state index contributed by atoms with van der Waals surface area (Å²) < 4.78 is 0. The first-order valence-corrected chi connectivity index (χ1v) is 7.91. The molecule has 3 rings (SSSR count). The van der Waals surface area contributed by atoms with Crippen LogP contribution in [0.15, 0.2) is 42.5 Å². The number of carbonyl (C=O) groups excluding carboxylic acids is 1. The van der Waals surface area contributed by atoms with Crippen LogP contribution in [0, 0.1) is 0 Å². The summed E-state index contributed by atoms with van der Waals surface area (Å²) in [6, 6.07) is 10.7. The number of primary amides is 1. The highest BCUT2D eigenvalue weighted by Crippen LogP contribution is 2.28. The smallest absolute Gasteiger partial charge is 0.250 e. The van der Waals surface area contributed by atoms with E-state index in [1.165, 1.54) is 12.1 Å². The van der Waals surface area contributed by atoms with Gasteiger partial charge in [-0.3, -0.25) is 4.79 Å². The lowest BCUT2D eigenvalue weighted by atomic mass is 10.1. The van der Waals surface area contributed by atoms with Crippen molar-refractivity contribution in [3.8, 4) is 17.1 Å². The fourth-order valence-electron chi connectivity index (χ4n) is 2.58. The summed E-state index contributed by atoms with van der Waals surface area (Å²) in [5.41, 5.74) is 6.56. The van der Waals surface area contributed by atoms with E-state index >= 15 is 0 Å². The summed E-state index contributed by atoms with van der Waals surface area (Å²) >= 11 is 0. The first kappa shape index (κ1) is 17.6. The number of benzene rings is 2. The Morgan fingerprint density at radius 2 is 1.85 bits per heavy atom. The van der Waals surface area contributed by atoms with Gasteiger partial charge in [-0.2, -0.15) is 0 Å². The van der Waals surface area contributed by atoms with E-state index in [0.29, 0.717) is 22.3 Å². The molecule has 0 saturated heterocycles. The van der Waals surface area contributed by atoms with Crippen molar-refractivity contribution in [1.82, 2.24) is 9.97 Å². The standard InChI is InChI=1S/C18H18N4O4/c19-16(26)13-5-2-6-14-15(13)21-17(10-3-1-4-12(25)7-10)22-18(14)20-11(8-23)9-24/h1-7,11,23-25H,8-9H2,(H2,19,26)(H,20,21,22). The van der Waals surface area contributed by atoms with Crippen molar-refractivity contribution in [2.24, 2.45) is 5.73 Å². The lowest BCUT2D eigenvalue weighted by Gasteiger charge is -2.17. The van der Waals surface area contributed by atoms with E-state index in [4.69, 9.17) is 5.73 Å². The first-order valence-electron chi connectivity index (χ1n) is 7.91. The Morgan fingerprint density at radius 3 is 2.50 bits per heavy atom. The first-order chi connectivity index (χ1) is 12.5. The molecule has 0 radical (unpaired) electrons. The van der Waals surface area contributed by atoms with Gasteiger partial charge in [-0.05, 0) is 24.3 Å². The topological polar surface area (TPSA) is 142 Å². The van der Waals surface area contributed by atoms with Gasteiger partial charge in [0.1, 0.15) is 11.6 Å². The molecule has 6 N–H and O–H groups in total. The number of para-hydroxylation sites is 1. The van der Waals surface area contributed by atoms with E-state index in [1.807, 2.05) is 0 Å². The van der Waals surface area contributed by atoms with Gasteiger partial charge in [-0.25, -0.2) is 9.97 Å². The number of fused-ring (bicyclic) bond motifs is 1. The summed E-state index contributed by atoms with van der Waals surface area (Å²) in [4.78, 5) is 20.7. The molecular formula is C18H18N4O4. The Morgan fingerprint density at radius 1 is 1.12 bits per heavy atom. The zero-order valence-corrected chi connectivity index (χ0v) is 13.8. The van der Waals surface area contributed by atoms with Crippen molar-refractivity contribution in [2.45, 2.75) is 6.04 Å². The molecule has 0 aliphatic rings. The van der Waals surface area contributed by atoms with Crippen molar-refractivity contribution < 1.29 is 20.1 Å². The van der Waals surface area contributed by atoms with Crippen LogP contribution in [-0.2, 0) is 0 Å². The number of phenols is 1. The van der Waals surface area contributed by atoms with E-state index in [2.05, 4.69) is 15.3 Å². The van der Waals surface area contributed by atoms with Crippen LogP contribution < -0.4 is 11.1 Å². The molecule has 0 aliphatic heterocycles. The van der Waals surface area contributed by atoms with Crippen molar-refractivity contribution in [3.05, 3.63) is 48.0 Å². The third-order valence-electron chi connectivity index (χ3n) is 3.88. The van der Waals surface area contributed by atoms with Crippen molar-refractivity contribution in [3.63, 3.8) is 0 Å². The maximum absolute atomic E-state index is 11.8. The summed E-state index contributed by atoms with van der Waals surface area (Å²) in [5.74, 6) is 0.0132. The Kier molecular flexibility index (Phi) is 4.97. The van der Waals surface area contributed by atoms with Crippen molar-refractivity contribution in [1.29, 1.82) is 0 Å². The maximum atomic E-state index is 11.8. The van der Waals surface area contributed by atoms with E-state index in [1.54, 1.807) is 30.3 Å². The van der Waals surface area contributed by atoms with Gasteiger partial charge in [0.2, 0.25) is 0 Å². The molecule has 1 amide bonds. The summed E-state index contributed by atoms with van der Waals surface area (Å²) in [6.45, 7) is -0.613. The van der Waals surface area contributed by atoms with E-state index in [0.717, 1.165) is 0 Å². The number of aliphatic hydroxyl groups is 2. The molecule has 1 heterocycles. The number of anilines is 1. The number of hydrogen-bond donors (Lipinski definition) is 5. The SMILES string of the molecule is NC(=O)c1cccc2c(NC(CO)CO)nc(-c3cccc(O)c3)nc12. The number of carbonyl (C=O) groups is 1. The van der Waals surface area contributed by atoms with E-state index in [9.17, 15) is 20.1 Å². The van der Waals surface area contributed by atoms with Crippen LogP contribution in [0.5, 0.6) is 5.75 Å². The monoisotopic (exact) mass is 354 g/mol. The highest BCUT2D eigenvalue weighted by atomic mass is 16.3. The highest BCUT2D eigenvalue weighted by Gasteiger charge is 2.17. The molecule has 26 heavy (non-hydrogen) atoms. The van der Waals surface area contributed by atoms with Gasteiger partial charge >= 0.3 is 0 Å². The average molecular weight is 354 g/mol. The van der Waals surface area contributed by atoms with Crippen LogP contribution >= 0.6 is 0 Å². The van der Waals surface area contributed by atoms with Crippen LogP contribution in [0.1, 0.15) is 10.4 Å². The Bertz CT molecular complexity index is 957. The normalized spacial score (nSPS) is 11.0. The van der Waals surface area contributed by atoms with E-state index < -0.39 is 11.9 Å². The number of aromatic hydroxyl groups is 1. The molecule has 3 aromatic rings. The number of nitrogens with one attached hydrogen (secondary N) is 1. The average Bonchev–Trinajstić information content (AvgIpc) is 2.65. The molecule has 1 aromatic heterocycles. The number of phenolic OH excluding ortho intramolecular Hbond substituents is 1. The second-order valence-electron chi connectivity index (χ2n) is 5.72. The molecule has 8 nitrogen and oxygen atoms in total. The van der Waals surface area contributed by atoms with Gasteiger partial charge in [-0.1, -0.05) is 18.2 Å². The largest absolute Gasteiger partial charge is 0.508 e. The number of aromatic nitrogens is 2. The highest BCUT2D eigenvalue weighted by molar-refractivity contribution is 6.07. The maximum Gasteiger partial charge on any atom is 0.250 e. The quantitative estimate of drug-likeness (QED) is 0.442. The summed E-state index contributed by atoms with van der Waals surface area (Å²) in [5, 5.41) is 31.9. The van der Waals surface area contributed by atoms with Crippen LogP contribution in [-0.4, -0.2) is 50.5 Å². The van der Waals surface area contributed by atoms with Crippen molar-refractivity contribution >= 4 is 22.6 Å². The molecule has 2 aromatic carbocycles. The minimum absolute atomic E-state index is 0.0486. The van der Waals surface area contributed by atoms with Gasteiger partial charge in [0.05, 0.1) is 30.3 Å². The van der Waals surface area contributed by atoms with Crippen molar-refractivity contribution in [2.75, 3.05) is 18.5 Å². The Hall–Kier alpha value is -3.23. The fraction of sp³-hybridized carbons (Fsp3) is 0.167. The number of nitrogens with two attached hydrogens (primary N) is 1. The number of nitrogens with zero attached hydrogens (tertiary/aromatic N) is 2. The van der Waals surface area contributed by atoms with Gasteiger partial charge in [0, 0.05) is 10.9 Å².